The second-order valence-corrected chi connectivity index (χ2v) is 11.0. The summed E-state index contributed by atoms with van der Waals surface area (Å²) in [4.78, 5) is 26.9. The summed E-state index contributed by atoms with van der Waals surface area (Å²) < 4.78 is 43.7. The molecule has 3 aliphatic heterocycles. The smallest absolute Gasteiger partial charge is 0.323 e. The van der Waals surface area contributed by atoms with Crippen LogP contribution in [0.15, 0.2) is 6.33 Å². The van der Waals surface area contributed by atoms with Crippen molar-refractivity contribution >= 4 is 17.6 Å². The highest BCUT2D eigenvalue weighted by atomic mass is 32.1. The maximum absolute atomic E-state index is 12.8. The van der Waals surface area contributed by atoms with E-state index in [1.54, 1.807) is 0 Å². The van der Waals surface area contributed by atoms with Gasteiger partial charge in [-0.2, -0.15) is 17.5 Å². The Bertz CT molecular complexity index is 1060. The van der Waals surface area contributed by atoms with E-state index < -0.39 is 12.0 Å². The molecule has 2 aromatic heterocycles. The Morgan fingerprint density at radius 2 is 1.79 bits per heavy atom. The van der Waals surface area contributed by atoms with Crippen molar-refractivity contribution in [1.82, 2.24) is 38.8 Å². The third kappa shape index (κ3) is 3.59. The molecule has 3 saturated heterocycles. The van der Waals surface area contributed by atoms with Crippen LogP contribution in [0.4, 0.5) is 18.0 Å². The van der Waals surface area contributed by atoms with Crippen molar-refractivity contribution in [3.05, 3.63) is 23.0 Å². The van der Waals surface area contributed by atoms with Crippen molar-refractivity contribution in [3.8, 4) is 0 Å². The molecule has 2 amide bonds. The van der Waals surface area contributed by atoms with Gasteiger partial charge in [0.1, 0.15) is 17.2 Å². The van der Waals surface area contributed by atoms with Gasteiger partial charge in [0.15, 0.2) is 0 Å². The zero-order valence-corrected chi connectivity index (χ0v) is 19.1. The Hall–Kier alpha value is -2.28. The topological polar surface area (TPSA) is 83.3 Å². The van der Waals surface area contributed by atoms with Crippen LogP contribution < -0.4 is 0 Å². The highest BCUT2D eigenvalue weighted by Crippen LogP contribution is 2.54. The fourth-order valence-electron chi connectivity index (χ4n) is 5.87. The summed E-state index contributed by atoms with van der Waals surface area (Å²) in [6, 6.07) is 0.0190. The molecule has 33 heavy (non-hydrogen) atoms. The van der Waals surface area contributed by atoms with Crippen LogP contribution in [0, 0.1) is 10.8 Å². The number of aryl methyl sites for hydroxylation is 1. The normalized spacial score (nSPS) is 23.9. The number of amides is 2. The second-order valence-electron chi connectivity index (χ2n) is 10.2. The number of halogens is 3. The lowest BCUT2D eigenvalue weighted by atomic mass is 9.60. The highest BCUT2D eigenvalue weighted by molar-refractivity contribution is 7.05. The van der Waals surface area contributed by atoms with Crippen molar-refractivity contribution in [2.45, 2.75) is 44.9 Å². The fourth-order valence-corrected chi connectivity index (χ4v) is 6.63. The van der Waals surface area contributed by atoms with Gasteiger partial charge in [-0.1, -0.05) is 6.92 Å². The maximum Gasteiger partial charge on any atom is 0.453 e. The van der Waals surface area contributed by atoms with Crippen LogP contribution in [0.2, 0.25) is 0 Å². The summed E-state index contributed by atoms with van der Waals surface area (Å²) in [6.07, 6.45) is -1.02. The number of carbonyl (C=O) groups is 1. The van der Waals surface area contributed by atoms with Crippen molar-refractivity contribution < 1.29 is 18.0 Å². The van der Waals surface area contributed by atoms with E-state index in [0.29, 0.717) is 13.1 Å². The first-order valence-electron chi connectivity index (χ1n) is 11.2. The van der Waals surface area contributed by atoms with Crippen molar-refractivity contribution in [3.63, 3.8) is 0 Å². The van der Waals surface area contributed by atoms with Crippen molar-refractivity contribution in [2.75, 3.05) is 39.3 Å². The van der Waals surface area contributed by atoms with Gasteiger partial charge < -0.3 is 9.80 Å². The third-order valence-corrected chi connectivity index (χ3v) is 8.16. The van der Waals surface area contributed by atoms with Crippen LogP contribution in [0.5, 0.6) is 0 Å². The van der Waals surface area contributed by atoms with Gasteiger partial charge in [-0.05, 0) is 24.4 Å². The van der Waals surface area contributed by atoms with Crippen LogP contribution in [0.1, 0.15) is 42.5 Å². The van der Waals surface area contributed by atoms with Crippen LogP contribution >= 0.6 is 11.5 Å². The minimum atomic E-state index is -4.52. The van der Waals surface area contributed by atoms with Crippen molar-refractivity contribution in [2.24, 2.45) is 10.8 Å². The molecule has 1 aliphatic carbocycles. The molecule has 0 radical (unpaired) electrons. The molecule has 1 saturated carbocycles. The zero-order chi connectivity index (χ0) is 23.0. The average molecular weight is 483 g/mol. The average Bonchev–Trinajstić information content (AvgIpc) is 3.29. The van der Waals surface area contributed by atoms with Gasteiger partial charge in [0.25, 0.3) is 5.82 Å². The van der Waals surface area contributed by atoms with Crippen LogP contribution in [-0.4, -0.2) is 84.1 Å². The van der Waals surface area contributed by atoms with E-state index in [9.17, 15) is 18.0 Å². The zero-order valence-electron chi connectivity index (χ0n) is 18.3. The number of alkyl halides is 3. The van der Waals surface area contributed by atoms with E-state index in [0.717, 1.165) is 69.1 Å². The number of hydrogen-bond donors (Lipinski definition) is 0. The Morgan fingerprint density at radius 3 is 2.36 bits per heavy atom. The summed E-state index contributed by atoms with van der Waals surface area (Å²) in [6.45, 7) is 7.80. The summed E-state index contributed by atoms with van der Waals surface area (Å²) in [5.41, 5.74) is 0.251. The summed E-state index contributed by atoms with van der Waals surface area (Å²) in [5.74, 6) is -0.188. The standard InChI is InChI=1S/C20H25F3N8OS/c1-2-14-25-15(33-27-14)5-28-6-19(7-28)10-30(11-19)17(32)29-8-18(9-29)3-13(4-18)31-12-24-16(26-31)20(21,22)23/h12-13H,2-11H2,1H3. The molecule has 4 fully saturated rings. The summed E-state index contributed by atoms with van der Waals surface area (Å²) >= 11 is 1.47. The van der Waals surface area contributed by atoms with E-state index in [1.165, 1.54) is 16.2 Å². The van der Waals surface area contributed by atoms with Gasteiger partial charge in [-0.25, -0.2) is 19.4 Å². The number of aromatic nitrogens is 5. The van der Waals surface area contributed by atoms with E-state index in [1.807, 2.05) is 9.80 Å². The molecule has 13 heteroatoms. The molecule has 2 aromatic rings. The highest BCUT2D eigenvalue weighted by Gasteiger charge is 2.58. The first-order chi connectivity index (χ1) is 15.7. The molecule has 0 aromatic carbocycles. The predicted octanol–water partition coefficient (Wildman–Crippen LogP) is 2.29. The number of likely N-dealkylation sites (tertiary alicyclic amines) is 3. The predicted molar refractivity (Wildman–Crippen MR) is 111 cm³/mol. The first-order valence-corrected chi connectivity index (χ1v) is 12.0. The third-order valence-electron chi connectivity index (χ3n) is 7.42. The summed E-state index contributed by atoms with van der Waals surface area (Å²) in [5, 5.41) is 4.64. The van der Waals surface area contributed by atoms with E-state index in [2.05, 4.69) is 31.3 Å². The first kappa shape index (κ1) is 21.3. The molecule has 0 N–H and O–H groups in total. The molecular weight excluding hydrogens is 457 g/mol. The number of rotatable bonds is 4. The Balaban J connectivity index is 0.930. The van der Waals surface area contributed by atoms with Crippen LogP contribution in [-0.2, 0) is 19.1 Å². The van der Waals surface area contributed by atoms with E-state index >= 15 is 0 Å². The van der Waals surface area contributed by atoms with Crippen LogP contribution in [0.3, 0.4) is 0 Å². The monoisotopic (exact) mass is 482 g/mol. The number of urea groups is 1. The lowest BCUT2D eigenvalue weighted by Crippen LogP contribution is -2.75. The van der Waals surface area contributed by atoms with Gasteiger partial charge in [0.2, 0.25) is 0 Å². The second kappa shape index (κ2) is 7.11. The number of hydrogen-bond acceptors (Lipinski definition) is 7. The lowest BCUT2D eigenvalue weighted by molar-refractivity contribution is -0.145. The number of nitrogens with zero attached hydrogens (tertiary/aromatic N) is 8. The van der Waals surface area contributed by atoms with Gasteiger partial charge in [0, 0.05) is 56.5 Å². The fraction of sp³-hybridized carbons (Fsp3) is 0.750. The molecule has 9 nitrogen and oxygen atoms in total. The lowest BCUT2D eigenvalue weighted by Gasteiger charge is -2.63. The summed E-state index contributed by atoms with van der Waals surface area (Å²) in [7, 11) is 0. The van der Waals surface area contributed by atoms with E-state index in [4.69, 9.17) is 0 Å². The molecular formula is C20H25F3N8OS. The quantitative estimate of drug-likeness (QED) is 0.665. The van der Waals surface area contributed by atoms with Gasteiger partial charge in [-0.15, -0.1) is 5.10 Å². The Kier molecular flexibility index (Phi) is 4.58. The van der Waals surface area contributed by atoms with Crippen molar-refractivity contribution in [1.29, 1.82) is 0 Å². The molecule has 178 valence electrons. The van der Waals surface area contributed by atoms with Gasteiger partial charge in [-0.3, -0.25) is 4.90 Å². The molecule has 0 atom stereocenters. The van der Waals surface area contributed by atoms with E-state index in [-0.39, 0.29) is 22.9 Å². The molecule has 2 spiro atoms. The molecule has 4 aliphatic rings. The number of carbonyl (C=O) groups excluding carboxylic acids is 1. The SMILES string of the molecule is CCc1nsc(CN2CC3(C2)CN(C(=O)N2CC4(CC(n5cnc(C(F)(F)F)n5)C4)C2)C3)n1. The maximum atomic E-state index is 12.8. The van der Waals surface area contributed by atoms with Gasteiger partial charge in [0.05, 0.1) is 12.6 Å². The van der Waals surface area contributed by atoms with Crippen LogP contribution in [0.25, 0.3) is 0 Å². The minimum absolute atomic E-state index is 0.0274. The minimum Gasteiger partial charge on any atom is -0.323 e. The van der Waals surface area contributed by atoms with Gasteiger partial charge >= 0.3 is 12.2 Å². The Labute approximate surface area is 192 Å². The largest absolute Gasteiger partial charge is 0.453 e. The molecule has 0 bridgehead atoms. The molecule has 0 unspecified atom stereocenters. The molecule has 6 rings (SSSR count). The molecule has 5 heterocycles. The Morgan fingerprint density at radius 1 is 1.12 bits per heavy atom.